The van der Waals surface area contributed by atoms with E-state index in [9.17, 15) is 0 Å². The molecule has 160 valence electrons. The second kappa shape index (κ2) is 9.75. The van der Waals surface area contributed by atoms with Gasteiger partial charge in [0.1, 0.15) is 11.5 Å². The number of aryl methyl sites for hydroxylation is 2. The zero-order valence-electron chi connectivity index (χ0n) is 18.0. The minimum Gasteiger partial charge on any atom is -0.320 e. The van der Waals surface area contributed by atoms with Gasteiger partial charge in [0.25, 0.3) is 0 Å². The van der Waals surface area contributed by atoms with Crippen molar-refractivity contribution in [2.24, 2.45) is 7.05 Å². The largest absolute Gasteiger partial charge is 0.320 e. The van der Waals surface area contributed by atoms with Gasteiger partial charge in [-0.25, -0.2) is 4.39 Å². The fraction of sp³-hybridized carbons (Fsp3) is 0.269. The minimum absolute atomic E-state index is 0.249. The van der Waals surface area contributed by atoms with Crippen LogP contribution in [0, 0.1) is 5.82 Å². The van der Waals surface area contributed by atoms with Crippen LogP contribution in [0.15, 0.2) is 65.1 Å². The van der Waals surface area contributed by atoms with Crippen molar-refractivity contribution < 1.29 is 4.39 Å². The van der Waals surface area contributed by atoms with Crippen LogP contribution in [0.1, 0.15) is 24.8 Å². The zero-order chi connectivity index (χ0) is 21.8. The molecule has 3 aromatic carbocycles. The van der Waals surface area contributed by atoms with Crippen LogP contribution in [-0.4, -0.2) is 23.4 Å². The van der Waals surface area contributed by atoms with E-state index in [1.54, 1.807) is 10.7 Å². The Hall–Kier alpha value is -2.50. The van der Waals surface area contributed by atoms with Gasteiger partial charge in [-0.2, -0.15) is 5.10 Å². The van der Waals surface area contributed by atoms with Crippen molar-refractivity contribution in [2.45, 2.75) is 25.7 Å². The molecule has 0 spiro atoms. The van der Waals surface area contributed by atoms with Crippen molar-refractivity contribution in [1.29, 1.82) is 0 Å². The van der Waals surface area contributed by atoms with Gasteiger partial charge < -0.3 is 5.32 Å². The lowest BCUT2D eigenvalue weighted by Crippen LogP contribution is -2.07. The molecule has 1 N–H and O–H groups in total. The van der Waals surface area contributed by atoms with Crippen LogP contribution in [0.4, 0.5) is 4.39 Å². The molecule has 0 aliphatic carbocycles. The number of halogens is 2. The lowest BCUT2D eigenvalue weighted by Gasteiger charge is -2.11. The van der Waals surface area contributed by atoms with Crippen molar-refractivity contribution in [3.63, 3.8) is 0 Å². The maximum atomic E-state index is 15.3. The second-order valence-electron chi connectivity index (χ2n) is 7.90. The molecular weight excluding hydrogens is 453 g/mol. The summed E-state index contributed by atoms with van der Waals surface area (Å²) in [6, 6.07) is 19.8. The highest BCUT2D eigenvalue weighted by Crippen LogP contribution is 2.34. The molecule has 0 unspecified atom stereocenters. The zero-order valence-corrected chi connectivity index (χ0v) is 19.5. The van der Waals surface area contributed by atoms with Crippen molar-refractivity contribution >= 4 is 26.8 Å². The average Bonchev–Trinajstić information content (AvgIpc) is 3.09. The Labute approximate surface area is 191 Å². The van der Waals surface area contributed by atoms with Crippen LogP contribution < -0.4 is 5.32 Å². The number of nitrogens with zero attached hydrogens (tertiary/aromatic N) is 2. The standard InChI is InChI=1S/C26H27BrFN3/c1-29-15-7-3-4-8-18-9-5-6-10-21(18)19-11-13-22(24(28)16-19)26-23-17-20(27)12-14-25(23)31(2)30-26/h5-6,9-14,16-17,29H,3-4,7-8,15H2,1-2H3. The number of fused-ring (bicyclic) bond motifs is 1. The number of unbranched alkanes of at least 4 members (excludes halogenated alkanes) is 2. The van der Waals surface area contributed by atoms with Crippen molar-refractivity contribution in [2.75, 3.05) is 13.6 Å². The summed E-state index contributed by atoms with van der Waals surface area (Å²) in [4.78, 5) is 0. The molecule has 0 bridgehead atoms. The number of rotatable bonds is 8. The third kappa shape index (κ3) is 4.73. The first kappa shape index (κ1) is 21.7. The molecule has 0 aliphatic rings. The highest BCUT2D eigenvalue weighted by molar-refractivity contribution is 9.10. The van der Waals surface area contributed by atoms with E-state index in [0.717, 1.165) is 45.9 Å². The third-order valence-electron chi connectivity index (χ3n) is 5.74. The quantitative estimate of drug-likeness (QED) is 0.283. The molecule has 0 amide bonds. The van der Waals surface area contributed by atoms with E-state index in [4.69, 9.17) is 0 Å². The van der Waals surface area contributed by atoms with Gasteiger partial charge in [0.2, 0.25) is 0 Å². The molecule has 0 saturated heterocycles. The Morgan fingerprint density at radius 3 is 2.61 bits per heavy atom. The molecule has 0 saturated carbocycles. The first-order valence-electron chi connectivity index (χ1n) is 10.7. The lowest BCUT2D eigenvalue weighted by molar-refractivity contribution is 0.630. The molecule has 3 nitrogen and oxygen atoms in total. The van der Waals surface area contributed by atoms with Crippen LogP contribution in [0.5, 0.6) is 0 Å². The Kier molecular flexibility index (Phi) is 6.83. The number of benzene rings is 3. The first-order valence-corrected chi connectivity index (χ1v) is 11.5. The average molecular weight is 480 g/mol. The summed E-state index contributed by atoms with van der Waals surface area (Å²) in [5.74, 6) is -0.249. The predicted octanol–water partition coefficient (Wildman–Crippen LogP) is 6.74. The molecular formula is C26H27BrFN3. The smallest absolute Gasteiger partial charge is 0.133 e. The summed E-state index contributed by atoms with van der Waals surface area (Å²) in [5.41, 5.74) is 5.46. The van der Waals surface area contributed by atoms with E-state index in [1.165, 1.54) is 18.4 Å². The van der Waals surface area contributed by atoms with Crippen LogP contribution in [-0.2, 0) is 13.5 Å². The van der Waals surface area contributed by atoms with Gasteiger partial charge >= 0.3 is 0 Å². The summed E-state index contributed by atoms with van der Waals surface area (Å²) in [5, 5.41) is 8.73. The molecule has 4 aromatic rings. The molecule has 1 aromatic heterocycles. The Morgan fingerprint density at radius 2 is 1.81 bits per heavy atom. The number of nitrogens with one attached hydrogen (secondary N) is 1. The van der Waals surface area contributed by atoms with Gasteiger partial charge in [-0.3, -0.25) is 4.68 Å². The van der Waals surface area contributed by atoms with Crippen molar-refractivity contribution in [3.8, 4) is 22.4 Å². The molecule has 0 fully saturated rings. The van der Waals surface area contributed by atoms with E-state index in [1.807, 2.05) is 50.5 Å². The molecule has 0 atom stereocenters. The van der Waals surface area contributed by atoms with Crippen LogP contribution in [0.25, 0.3) is 33.3 Å². The summed E-state index contributed by atoms with van der Waals surface area (Å²) in [6.07, 6.45) is 4.50. The van der Waals surface area contributed by atoms with E-state index in [-0.39, 0.29) is 5.82 Å². The fourth-order valence-corrected chi connectivity index (χ4v) is 4.49. The van der Waals surface area contributed by atoms with Gasteiger partial charge in [0.15, 0.2) is 0 Å². The van der Waals surface area contributed by atoms with Crippen LogP contribution in [0.3, 0.4) is 0 Å². The molecule has 4 rings (SSSR count). The molecule has 0 radical (unpaired) electrons. The summed E-state index contributed by atoms with van der Waals surface area (Å²) in [6.45, 7) is 1.05. The van der Waals surface area contributed by atoms with Crippen molar-refractivity contribution in [1.82, 2.24) is 15.1 Å². The lowest BCUT2D eigenvalue weighted by atomic mass is 9.94. The van der Waals surface area contributed by atoms with Crippen LogP contribution >= 0.6 is 15.9 Å². The number of hydrogen-bond donors (Lipinski definition) is 1. The van der Waals surface area contributed by atoms with Gasteiger partial charge in [0.05, 0.1) is 5.52 Å². The summed E-state index contributed by atoms with van der Waals surface area (Å²) in [7, 11) is 3.87. The SMILES string of the molecule is CNCCCCCc1ccccc1-c1ccc(-c2nn(C)c3ccc(Br)cc23)c(F)c1. The van der Waals surface area contributed by atoms with E-state index in [0.29, 0.717) is 11.3 Å². The second-order valence-corrected chi connectivity index (χ2v) is 8.82. The summed E-state index contributed by atoms with van der Waals surface area (Å²) >= 11 is 3.52. The maximum absolute atomic E-state index is 15.3. The summed E-state index contributed by atoms with van der Waals surface area (Å²) < 4.78 is 18.1. The third-order valence-corrected chi connectivity index (χ3v) is 6.23. The predicted molar refractivity (Wildman–Crippen MR) is 131 cm³/mol. The Bertz CT molecular complexity index is 1200. The molecule has 0 aliphatic heterocycles. The highest BCUT2D eigenvalue weighted by Gasteiger charge is 2.16. The van der Waals surface area contributed by atoms with E-state index < -0.39 is 0 Å². The Balaban J connectivity index is 1.64. The highest BCUT2D eigenvalue weighted by atomic mass is 79.9. The van der Waals surface area contributed by atoms with Crippen LogP contribution in [0.2, 0.25) is 0 Å². The topological polar surface area (TPSA) is 29.9 Å². The van der Waals surface area contributed by atoms with Gasteiger partial charge in [-0.1, -0.05) is 52.7 Å². The number of hydrogen-bond acceptors (Lipinski definition) is 2. The Morgan fingerprint density at radius 1 is 0.968 bits per heavy atom. The van der Waals surface area contributed by atoms with Gasteiger partial charge in [-0.05, 0) is 79.9 Å². The van der Waals surface area contributed by atoms with Gasteiger partial charge in [0, 0.05) is 22.5 Å². The van der Waals surface area contributed by atoms with E-state index >= 15 is 4.39 Å². The maximum Gasteiger partial charge on any atom is 0.133 e. The first-order chi connectivity index (χ1) is 15.1. The minimum atomic E-state index is -0.249. The normalized spacial score (nSPS) is 11.4. The van der Waals surface area contributed by atoms with Crippen molar-refractivity contribution in [3.05, 3.63) is 76.5 Å². The monoisotopic (exact) mass is 479 g/mol. The van der Waals surface area contributed by atoms with E-state index in [2.05, 4.69) is 44.5 Å². The molecule has 31 heavy (non-hydrogen) atoms. The van der Waals surface area contributed by atoms with Gasteiger partial charge in [-0.15, -0.1) is 0 Å². The number of aromatic nitrogens is 2. The fourth-order valence-electron chi connectivity index (χ4n) is 4.13. The molecule has 5 heteroatoms. The molecule has 1 heterocycles.